The first-order valence-electron chi connectivity index (χ1n) is 13.3. The molecule has 0 spiro atoms. The van der Waals surface area contributed by atoms with Crippen LogP contribution in [-0.2, 0) is 28.0 Å². The Balaban J connectivity index is 1.07. The molecule has 3 aliphatic heterocycles. The van der Waals surface area contributed by atoms with Crippen LogP contribution in [0.25, 0.3) is 0 Å². The predicted molar refractivity (Wildman–Crippen MR) is 129 cm³/mol. The van der Waals surface area contributed by atoms with Gasteiger partial charge in [0, 0.05) is 58.2 Å². The van der Waals surface area contributed by atoms with E-state index >= 15 is 0 Å². The maximum Gasteiger partial charge on any atom is 0.281 e. The third-order valence-electron chi connectivity index (χ3n) is 8.44. The van der Waals surface area contributed by atoms with Crippen molar-refractivity contribution in [3.63, 3.8) is 0 Å². The molecule has 1 aromatic rings. The Bertz CT molecular complexity index is 938. The van der Waals surface area contributed by atoms with Gasteiger partial charge in [0.25, 0.3) is 10.2 Å². The first-order valence-corrected chi connectivity index (χ1v) is 14.7. The number of rotatable bonds is 7. The van der Waals surface area contributed by atoms with E-state index in [0.717, 1.165) is 63.5 Å². The first kappa shape index (κ1) is 24.2. The lowest BCUT2D eigenvalue weighted by Gasteiger charge is -2.39. The highest BCUT2D eigenvalue weighted by Crippen LogP contribution is 2.32. The van der Waals surface area contributed by atoms with Crippen molar-refractivity contribution in [2.75, 3.05) is 39.3 Å². The number of piperidine rings is 3. The van der Waals surface area contributed by atoms with Gasteiger partial charge in [-0.05, 0) is 69.1 Å². The number of carbonyl (C=O) groups is 1. The number of nitrogens with zero attached hydrogens (tertiary/aromatic N) is 6. The summed E-state index contributed by atoms with van der Waals surface area (Å²) >= 11 is 0. The first-order chi connectivity index (χ1) is 16.4. The Morgan fingerprint density at radius 1 is 0.882 bits per heavy atom. The molecule has 1 amide bonds. The average molecular weight is 493 g/mol. The Hall–Kier alpha value is -1.52. The zero-order valence-electron chi connectivity index (χ0n) is 20.5. The molecule has 4 heterocycles. The lowest BCUT2D eigenvalue weighted by atomic mass is 9.90. The molecule has 0 bridgehead atoms. The summed E-state index contributed by atoms with van der Waals surface area (Å²) in [6.07, 6.45) is 10.6. The van der Waals surface area contributed by atoms with E-state index in [0.29, 0.717) is 50.9 Å². The normalized spacial score (nSPS) is 25.1. The van der Waals surface area contributed by atoms with E-state index in [2.05, 4.69) is 21.7 Å². The number of aromatic nitrogens is 3. The average Bonchev–Trinajstić information content (AvgIpc) is 3.57. The van der Waals surface area contributed by atoms with Crippen LogP contribution in [0.4, 0.5) is 0 Å². The van der Waals surface area contributed by atoms with Gasteiger partial charge in [-0.2, -0.15) is 17.0 Å². The van der Waals surface area contributed by atoms with Crippen molar-refractivity contribution in [3.8, 4) is 0 Å². The Morgan fingerprint density at radius 3 is 2.12 bits per heavy atom. The smallest absolute Gasteiger partial charge is 0.281 e. The fraction of sp³-hybridized carbons (Fsp3) is 0.875. The summed E-state index contributed by atoms with van der Waals surface area (Å²) in [5.41, 5.74) is 0. The van der Waals surface area contributed by atoms with Gasteiger partial charge in [-0.1, -0.05) is 6.92 Å². The molecule has 0 atom stereocenters. The lowest BCUT2D eigenvalue weighted by Crippen LogP contribution is -2.51. The van der Waals surface area contributed by atoms with Crippen LogP contribution in [0, 0.1) is 23.7 Å². The van der Waals surface area contributed by atoms with Crippen LogP contribution in [-0.4, -0.2) is 81.9 Å². The highest BCUT2D eigenvalue weighted by molar-refractivity contribution is 7.86. The van der Waals surface area contributed by atoms with Crippen molar-refractivity contribution in [1.82, 2.24) is 28.3 Å². The predicted octanol–water partition coefficient (Wildman–Crippen LogP) is 2.16. The molecule has 9 nitrogen and oxygen atoms in total. The summed E-state index contributed by atoms with van der Waals surface area (Å²) < 4.78 is 31.5. The van der Waals surface area contributed by atoms with Gasteiger partial charge in [-0.15, -0.1) is 10.2 Å². The standard InChI is InChI=1S/C24H40N6O3S/c1-19-4-12-29(13-5-19)34(32,33)30-14-8-22(9-15-30)24(31)27-10-6-20(7-11-27)16-23-26-25-18-28(23)17-21-2-3-21/h18-22H,2-17H2,1H3. The molecule has 0 radical (unpaired) electrons. The maximum absolute atomic E-state index is 13.2. The molecule has 0 unspecified atom stereocenters. The molecule has 3 saturated heterocycles. The van der Waals surface area contributed by atoms with Crippen LogP contribution < -0.4 is 0 Å². The highest BCUT2D eigenvalue weighted by atomic mass is 32.2. The van der Waals surface area contributed by atoms with E-state index in [1.54, 1.807) is 8.61 Å². The molecule has 1 saturated carbocycles. The summed E-state index contributed by atoms with van der Waals surface area (Å²) in [5, 5.41) is 8.49. The quantitative estimate of drug-likeness (QED) is 0.582. The van der Waals surface area contributed by atoms with E-state index in [1.165, 1.54) is 12.8 Å². The molecule has 1 aliphatic carbocycles. The molecule has 34 heavy (non-hydrogen) atoms. The van der Waals surface area contributed by atoms with Crippen LogP contribution in [0.2, 0.25) is 0 Å². The molecular formula is C24H40N6O3S. The fourth-order valence-corrected chi connectivity index (χ4v) is 7.43. The van der Waals surface area contributed by atoms with Gasteiger partial charge in [0.1, 0.15) is 12.2 Å². The highest BCUT2D eigenvalue weighted by Gasteiger charge is 2.37. The number of hydrogen-bond acceptors (Lipinski definition) is 5. The molecular weight excluding hydrogens is 452 g/mol. The van der Waals surface area contributed by atoms with Gasteiger partial charge in [-0.25, -0.2) is 0 Å². The molecule has 4 fully saturated rings. The molecule has 10 heteroatoms. The van der Waals surface area contributed by atoms with Crippen LogP contribution in [0.1, 0.15) is 64.1 Å². The van der Waals surface area contributed by atoms with Crippen molar-refractivity contribution in [2.24, 2.45) is 23.7 Å². The van der Waals surface area contributed by atoms with Gasteiger partial charge in [0.15, 0.2) is 0 Å². The van der Waals surface area contributed by atoms with Crippen molar-refractivity contribution in [2.45, 2.75) is 71.3 Å². The van der Waals surface area contributed by atoms with Crippen LogP contribution in [0.5, 0.6) is 0 Å². The fourth-order valence-electron chi connectivity index (χ4n) is 5.75. The second-order valence-electron chi connectivity index (χ2n) is 11.1. The molecule has 4 aliphatic rings. The zero-order chi connectivity index (χ0) is 23.7. The number of carbonyl (C=O) groups excluding carboxylic acids is 1. The van der Waals surface area contributed by atoms with E-state index in [-0.39, 0.29) is 11.8 Å². The van der Waals surface area contributed by atoms with Crippen molar-refractivity contribution in [3.05, 3.63) is 12.2 Å². The minimum atomic E-state index is -3.39. The van der Waals surface area contributed by atoms with Crippen LogP contribution in [0.3, 0.4) is 0 Å². The number of likely N-dealkylation sites (tertiary alicyclic amines) is 1. The number of hydrogen-bond donors (Lipinski definition) is 0. The lowest BCUT2D eigenvalue weighted by molar-refractivity contribution is -0.138. The molecule has 190 valence electrons. The molecule has 0 aromatic carbocycles. The summed E-state index contributed by atoms with van der Waals surface area (Å²) in [4.78, 5) is 15.2. The van der Waals surface area contributed by atoms with E-state index in [1.807, 2.05) is 11.2 Å². The van der Waals surface area contributed by atoms with Gasteiger partial charge < -0.3 is 9.47 Å². The van der Waals surface area contributed by atoms with E-state index in [9.17, 15) is 13.2 Å². The second kappa shape index (κ2) is 10.2. The summed E-state index contributed by atoms with van der Waals surface area (Å²) in [7, 11) is -3.39. The van der Waals surface area contributed by atoms with Gasteiger partial charge in [0.05, 0.1) is 0 Å². The SMILES string of the molecule is CC1CCN(S(=O)(=O)N2CCC(C(=O)N3CCC(Cc4nncn4CC4CC4)CC3)CC2)CC1. The van der Waals surface area contributed by atoms with Crippen LogP contribution >= 0.6 is 0 Å². The number of amides is 1. The van der Waals surface area contributed by atoms with Gasteiger partial charge in [0.2, 0.25) is 5.91 Å². The summed E-state index contributed by atoms with van der Waals surface area (Å²) in [6.45, 7) is 6.98. The Morgan fingerprint density at radius 2 is 1.50 bits per heavy atom. The largest absolute Gasteiger partial charge is 0.342 e. The third kappa shape index (κ3) is 5.49. The monoisotopic (exact) mass is 492 g/mol. The topological polar surface area (TPSA) is 91.6 Å². The maximum atomic E-state index is 13.2. The molecule has 0 N–H and O–H groups in total. The minimum Gasteiger partial charge on any atom is -0.342 e. The van der Waals surface area contributed by atoms with Crippen molar-refractivity contribution >= 4 is 16.1 Å². The van der Waals surface area contributed by atoms with Crippen molar-refractivity contribution < 1.29 is 13.2 Å². The van der Waals surface area contributed by atoms with Gasteiger partial charge >= 0.3 is 0 Å². The van der Waals surface area contributed by atoms with E-state index in [4.69, 9.17) is 0 Å². The third-order valence-corrected chi connectivity index (χ3v) is 10.5. The zero-order valence-corrected chi connectivity index (χ0v) is 21.3. The molecule has 1 aromatic heterocycles. The summed E-state index contributed by atoms with van der Waals surface area (Å²) in [5.74, 6) is 3.21. The summed E-state index contributed by atoms with van der Waals surface area (Å²) in [6, 6.07) is 0. The molecule has 5 rings (SSSR count). The van der Waals surface area contributed by atoms with Crippen molar-refractivity contribution in [1.29, 1.82) is 0 Å². The minimum absolute atomic E-state index is 0.0500. The second-order valence-corrected chi connectivity index (χ2v) is 13.0. The van der Waals surface area contributed by atoms with Gasteiger partial charge in [-0.3, -0.25) is 4.79 Å². The van der Waals surface area contributed by atoms with E-state index < -0.39 is 10.2 Å². The Kier molecular flexibility index (Phi) is 7.27. The van der Waals surface area contributed by atoms with Crippen LogP contribution in [0.15, 0.2) is 6.33 Å². The Labute approximate surface area is 204 Å².